The molecule has 1 aromatic rings. The Bertz CT molecular complexity index is 387. The van der Waals surface area contributed by atoms with Crippen LogP contribution in [-0.2, 0) is 6.18 Å². The highest BCUT2D eigenvalue weighted by Gasteiger charge is 2.29. The highest BCUT2D eigenvalue weighted by molar-refractivity contribution is 5.76. The quantitative estimate of drug-likeness (QED) is 0.469. The van der Waals surface area contributed by atoms with Crippen molar-refractivity contribution in [2.24, 2.45) is 5.73 Å². The molecule has 0 bridgehead atoms. The van der Waals surface area contributed by atoms with Gasteiger partial charge in [0.1, 0.15) is 5.75 Å². The Morgan fingerprint density at radius 3 is 2.28 bits per heavy atom. The van der Waals surface area contributed by atoms with Gasteiger partial charge in [0, 0.05) is 6.42 Å². The zero-order valence-corrected chi connectivity index (χ0v) is 9.76. The average Bonchev–Trinajstić information content (AvgIpc) is 2.27. The van der Waals surface area contributed by atoms with E-state index < -0.39 is 11.7 Å². The van der Waals surface area contributed by atoms with Crippen LogP contribution in [0.3, 0.4) is 0 Å². The van der Waals surface area contributed by atoms with Crippen molar-refractivity contribution < 1.29 is 17.9 Å². The molecule has 100 valence electrons. The number of unbranched alkanes of at least 4 members (excludes halogenated alkanes) is 1. The van der Waals surface area contributed by atoms with E-state index in [1.165, 1.54) is 12.1 Å². The minimum absolute atomic E-state index is 0.129. The number of ether oxygens (including phenoxy) is 1. The molecule has 0 radical (unpaired) electrons. The van der Waals surface area contributed by atoms with Gasteiger partial charge in [-0.3, -0.25) is 5.41 Å². The SMILES string of the molecule is N=C(N)CCCCOc1ccc(C(F)(F)F)cc1. The number of halogens is 3. The van der Waals surface area contributed by atoms with Gasteiger partial charge in [0.15, 0.2) is 0 Å². The molecular weight excluding hydrogens is 245 g/mol. The van der Waals surface area contributed by atoms with Crippen LogP contribution in [0, 0.1) is 5.41 Å². The predicted molar refractivity (Wildman–Crippen MR) is 62.7 cm³/mol. The van der Waals surface area contributed by atoms with Crippen LogP contribution in [0.1, 0.15) is 24.8 Å². The second kappa shape index (κ2) is 6.28. The lowest BCUT2D eigenvalue weighted by atomic mass is 10.2. The molecule has 3 N–H and O–H groups in total. The molecule has 0 atom stereocenters. The summed E-state index contributed by atoms with van der Waals surface area (Å²) in [4.78, 5) is 0. The maximum absolute atomic E-state index is 12.3. The molecule has 1 aromatic carbocycles. The van der Waals surface area contributed by atoms with Crippen LogP contribution < -0.4 is 10.5 Å². The highest BCUT2D eigenvalue weighted by Crippen LogP contribution is 2.30. The van der Waals surface area contributed by atoms with E-state index in [1.54, 1.807) is 0 Å². The molecule has 6 heteroatoms. The van der Waals surface area contributed by atoms with Crippen LogP contribution in [-0.4, -0.2) is 12.4 Å². The van der Waals surface area contributed by atoms with Crippen molar-refractivity contribution >= 4 is 5.84 Å². The Balaban J connectivity index is 2.33. The van der Waals surface area contributed by atoms with E-state index in [0.717, 1.165) is 18.6 Å². The molecule has 0 aromatic heterocycles. The number of benzene rings is 1. The highest BCUT2D eigenvalue weighted by atomic mass is 19.4. The molecule has 0 saturated carbocycles. The zero-order chi connectivity index (χ0) is 13.6. The Labute approximate surface area is 103 Å². The van der Waals surface area contributed by atoms with Crippen LogP contribution >= 0.6 is 0 Å². The van der Waals surface area contributed by atoms with Gasteiger partial charge in [0.25, 0.3) is 0 Å². The molecule has 0 heterocycles. The number of alkyl halides is 3. The number of amidine groups is 1. The van der Waals surface area contributed by atoms with Gasteiger partial charge < -0.3 is 10.5 Å². The van der Waals surface area contributed by atoms with Crippen molar-refractivity contribution in [3.05, 3.63) is 29.8 Å². The van der Waals surface area contributed by atoms with Gasteiger partial charge in [-0.25, -0.2) is 0 Å². The molecule has 0 unspecified atom stereocenters. The first-order chi connectivity index (χ1) is 8.39. The van der Waals surface area contributed by atoms with Gasteiger partial charge in [-0.05, 0) is 37.1 Å². The van der Waals surface area contributed by atoms with Gasteiger partial charge in [-0.2, -0.15) is 13.2 Å². The molecule has 0 spiro atoms. The van der Waals surface area contributed by atoms with E-state index in [-0.39, 0.29) is 5.84 Å². The van der Waals surface area contributed by atoms with Crippen LogP contribution in [0.2, 0.25) is 0 Å². The van der Waals surface area contributed by atoms with Gasteiger partial charge in [-0.15, -0.1) is 0 Å². The van der Waals surface area contributed by atoms with E-state index in [0.29, 0.717) is 25.2 Å². The minimum atomic E-state index is -4.32. The smallest absolute Gasteiger partial charge is 0.416 e. The van der Waals surface area contributed by atoms with Crippen molar-refractivity contribution in [2.75, 3.05) is 6.61 Å². The van der Waals surface area contributed by atoms with Crippen molar-refractivity contribution in [1.82, 2.24) is 0 Å². The van der Waals surface area contributed by atoms with Crippen molar-refractivity contribution in [3.8, 4) is 5.75 Å². The lowest BCUT2D eigenvalue weighted by Crippen LogP contribution is -2.09. The summed E-state index contributed by atoms with van der Waals surface area (Å²) in [5.74, 6) is 0.537. The maximum Gasteiger partial charge on any atom is 0.416 e. The molecule has 0 amide bonds. The Hall–Kier alpha value is -1.72. The lowest BCUT2D eigenvalue weighted by molar-refractivity contribution is -0.137. The summed E-state index contributed by atoms with van der Waals surface area (Å²) in [5, 5.41) is 7.01. The summed E-state index contributed by atoms with van der Waals surface area (Å²) >= 11 is 0. The van der Waals surface area contributed by atoms with Crippen LogP contribution in [0.4, 0.5) is 13.2 Å². The van der Waals surface area contributed by atoms with Crippen molar-refractivity contribution in [2.45, 2.75) is 25.4 Å². The first-order valence-electron chi connectivity index (χ1n) is 5.52. The van der Waals surface area contributed by atoms with Gasteiger partial charge in [0.05, 0.1) is 18.0 Å². The fraction of sp³-hybridized carbons (Fsp3) is 0.417. The molecule has 0 fully saturated rings. The van der Waals surface area contributed by atoms with E-state index in [4.69, 9.17) is 15.9 Å². The van der Waals surface area contributed by atoms with Gasteiger partial charge >= 0.3 is 6.18 Å². The summed E-state index contributed by atoms with van der Waals surface area (Å²) in [5.41, 5.74) is 4.49. The summed E-state index contributed by atoms with van der Waals surface area (Å²) < 4.78 is 42.1. The van der Waals surface area contributed by atoms with Crippen LogP contribution in [0.5, 0.6) is 5.75 Å². The first-order valence-corrected chi connectivity index (χ1v) is 5.52. The van der Waals surface area contributed by atoms with E-state index >= 15 is 0 Å². The third-order valence-electron chi connectivity index (χ3n) is 2.29. The number of hydrogen-bond acceptors (Lipinski definition) is 2. The first kappa shape index (κ1) is 14.3. The number of hydrogen-bond donors (Lipinski definition) is 2. The van der Waals surface area contributed by atoms with E-state index in [1.807, 2.05) is 0 Å². The summed E-state index contributed by atoms with van der Waals surface area (Å²) in [6.45, 7) is 0.401. The van der Waals surface area contributed by atoms with Gasteiger partial charge in [-0.1, -0.05) is 0 Å². The average molecular weight is 260 g/mol. The fourth-order valence-corrected chi connectivity index (χ4v) is 1.35. The molecule has 0 aliphatic rings. The minimum Gasteiger partial charge on any atom is -0.494 e. The Kier molecular flexibility index (Phi) is 5.00. The third kappa shape index (κ3) is 5.07. The predicted octanol–water partition coefficient (Wildman–Crippen LogP) is 3.19. The van der Waals surface area contributed by atoms with Crippen LogP contribution in [0.15, 0.2) is 24.3 Å². The monoisotopic (exact) mass is 260 g/mol. The topological polar surface area (TPSA) is 59.1 Å². The van der Waals surface area contributed by atoms with E-state index in [9.17, 15) is 13.2 Å². The van der Waals surface area contributed by atoms with Gasteiger partial charge in [0.2, 0.25) is 0 Å². The maximum atomic E-state index is 12.3. The second-order valence-electron chi connectivity index (χ2n) is 3.85. The number of nitrogens with one attached hydrogen (secondary N) is 1. The Morgan fingerprint density at radius 2 is 1.78 bits per heavy atom. The zero-order valence-electron chi connectivity index (χ0n) is 9.76. The fourth-order valence-electron chi connectivity index (χ4n) is 1.35. The van der Waals surface area contributed by atoms with Crippen molar-refractivity contribution in [3.63, 3.8) is 0 Å². The standard InChI is InChI=1S/C12H15F3N2O/c13-12(14,15)9-4-6-10(7-5-9)18-8-2-1-3-11(16)17/h4-7H,1-3,8H2,(H3,16,17). The molecule has 0 aliphatic carbocycles. The molecule has 0 aliphatic heterocycles. The summed E-state index contributed by atoms with van der Waals surface area (Å²) in [6.07, 6.45) is -2.37. The molecular formula is C12H15F3N2O. The molecule has 3 nitrogen and oxygen atoms in total. The molecule has 1 rings (SSSR count). The Morgan fingerprint density at radius 1 is 1.17 bits per heavy atom. The number of nitrogens with two attached hydrogens (primary N) is 1. The molecule has 18 heavy (non-hydrogen) atoms. The normalized spacial score (nSPS) is 11.3. The summed E-state index contributed by atoms with van der Waals surface area (Å²) in [6, 6.07) is 4.58. The third-order valence-corrected chi connectivity index (χ3v) is 2.29. The largest absolute Gasteiger partial charge is 0.494 e. The second-order valence-corrected chi connectivity index (χ2v) is 3.85. The molecule has 0 saturated heterocycles. The van der Waals surface area contributed by atoms with Crippen LogP contribution in [0.25, 0.3) is 0 Å². The number of rotatable bonds is 6. The summed E-state index contributed by atoms with van der Waals surface area (Å²) in [7, 11) is 0. The van der Waals surface area contributed by atoms with Crippen molar-refractivity contribution in [1.29, 1.82) is 5.41 Å². The lowest BCUT2D eigenvalue weighted by Gasteiger charge is -2.09. The van der Waals surface area contributed by atoms with E-state index in [2.05, 4.69) is 0 Å².